The predicted octanol–water partition coefficient (Wildman–Crippen LogP) is 1.85. The van der Waals surface area contributed by atoms with Gasteiger partial charge in [-0.2, -0.15) is 0 Å². The van der Waals surface area contributed by atoms with Gasteiger partial charge in [0.15, 0.2) is 14.9 Å². The third kappa shape index (κ3) is 4.53. The van der Waals surface area contributed by atoms with E-state index in [2.05, 4.69) is 4.98 Å². The van der Waals surface area contributed by atoms with Crippen LogP contribution in [0.4, 0.5) is 0 Å². The highest BCUT2D eigenvalue weighted by atomic mass is 32.2. The van der Waals surface area contributed by atoms with Crippen LogP contribution in [-0.4, -0.2) is 45.1 Å². The molecular formula is C17H19NO5S. The molecule has 0 spiro atoms. The molecule has 1 aliphatic rings. The Bertz CT molecular complexity index is 740. The van der Waals surface area contributed by atoms with E-state index in [-0.39, 0.29) is 17.4 Å². The second-order valence-corrected chi connectivity index (χ2v) is 7.44. The van der Waals surface area contributed by atoms with Crippen LogP contribution in [0.25, 0.3) is 0 Å². The highest BCUT2D eigenvalue weighted by molar-refractivity contribution is 7.91. The van der Waals surface area contributed by atoms with Crippen LogP contribution >= 0.6 is 0 Å². The molecule has 1 aromatic heterocycles. The molecule has 0 amide bonds. The summed E-state index contributed by atoms with van der Waals surface area (Å²) >= 11 is 0. The van der Waals surface area contributed by atoms with E-state index in [4.69, 9.17) is 14.2 Å². The standard InChI is InChI=1S/C17H19NO5S/c19-24(20,13-16-12-21-8-9-22-16)17-7-6-15(10-18-17)23-11-14-4-2-1-3-5-14/h1-7,10,16H,8-9,11-13H2. The van der Waals surface area contributed by atoms with Crippen molar-refractivity contribution < 1.29 is 22.6 Å². The number of nitrogens with zero attached hydrogens (tertiary/aromatic N) is 1. The summed E-state index contributed by atoms with van der Waals surface area (Å²) in [5.41, 5.74) is 1.03. The number of aromatic nitrogens is 1. The maximum absolute atomic E-state index is 12.4. The molecule has 1 unspecified atom stereocenters. The van der Waals surface area contributed by atoms with Crippen molar-refractivity contribution in [1.82, 2.24) is 4.98 Å². The van der Waals surface area contributed by atoms with Crippen LogP contribution in [0, 0.1) is 0 Å². The largest absolute Gasteiger partial charge is 0.487 e. The molecular weight excluding hydrogens is 330 g/mol. The van der Waals surface area contributed by atoms with Gasteiger partial charge in [-0.15, -0.1) is 0 Å². The molecule has 2 aromatic rings. The Kier molecular flexibility index (Phi) is 5.44. The molecule has 1 aliphatic heterocycles. The average molecular weight is 349 g/mol. The summed E-state index contributed by atoms with van der Waals surface area (Å²) in [7, 11) is -3.52. The van der Waals surface area contributed by atoms with E-state index in [1.165, 1.54) is 12.3 Å². The molecule has 6 nitrogen and oxygen atoms in total. The second-order valence-electron chi connectivity index (χ2n) is 5.46. The van der Waals surface area contributed by atoms with Crippen molar-refractivity contribution >= 4 is 9.84 Å². The molecule has 7 heteroatoms. The van der Waals surface area contributed by atoms with Gasteiger partial charge >= 0.3 is 0 Å². The van der Waals surface area contributed by atoms with Crippen LogP contribution in [0.1, 0.15) is 5.56 Å². The number of pyridine rings is 1. The van der Waals surface area contributed by atoms with Crippen LogP contribution in [0.2, 0.25) is 0 Å². The minimum absolute atomic E-state index is 0.0173. The number of benzene rings is 1. The lowest BCUT2D eigenvalue weighted by Crippen LogP contribution is -2.34. The van der Waals surface area contributed by atoms with Gasteiger partial charge < -0.3 is 14.2 Å². The van der Waals surface area contributed by atoms with Crippen molar-refractivity contribution in [2.75, 3.05) is 25.6 Å². The molecule has 0 aliphatic carbocycles. The Morgan fingerprint density at radius 2 is 1.96 bits per heavy atom. The van der Waals surface area contributed by atoms with Gasteiger partial charge in [0.2, 0.25) is 0 Å². The van der Waals surface area contributed by atoms with Crippen LogP contribution < -0.4 is 4.74 Å². The SMILES string of the molecule is O=S(=O)(CC1COCCO1)c1ccc(OCc2ccccc2)cn1. The lowest BCUT2D eigenvalue weighted by Gasteiger charge is -2.22. The molecule has 1 atom stereocenters. The fourth-order valence-electron chi connectivity index (χ4n) is 2.34. The van der Waals surface area contributed by atoms with Gasteiger partial charge in [0, 0.05) is 0 Å². The van der Waals surface area contributed by atoms with Crippen LogP contribution in [0.15, 0.2) is 53.7 Å². The maximum Gasteiger partial charge on any atom is 0.198 e. The van der Waals surface area contributed by atoms with Crippen LogP contribution in [0.5, 0.6) is 5.75 Å². The second kappa shape index (κ2) is 7.74. The number of ether oxygens (including phenoxy) is 3. The molecule has 1 fully saturated rings. The highest BCUT2D eigenvalue weighted by Gasteiger charge is 2.25. The van der Waals surface area contributed by atoms with E-state index in [0.29, 0.717) is 25.6 Å². The molecule has 128 valence electrons. The quantitative estimate of drug-likeness (QED) is 0.792. The van der Waals surface area contributed by atoms with Gasteiger partial charge in [-0.25, -0.2) is 13.4 Å². The minimum Gasteiger partial charge on any atom is -0.487 e. The molecule has 0 radical (unpaired) electrons. The predicted molar refractivity (Wildman–Crippen MR) is 87.6 cm³/mol. The van der Waals surface area contributed by atoms with Crippen molar-refractivity contribution in [3.63, 3.8) is 0 Å². The summed E-state index contributed by atoms with van der Waals surface area (Å²) in [5.74, 6) is 0.388. The normalized spacial score (nSPS) is 18.2. The minimum atomic E-state index is -3.52. The lowest BCUT2D eigenvalue weighted by molar-refractivity contribution is -0.0782. The summed E-state index contributed by atoms with van der Waals surface area (Å²) in [6.45, 7) is 1.61. The molecule has 0 bridgehead atoms. The zero-order valence-corrected chi connectivity index (χ0v) is 13.9. The number of hydrogen-bond donors (Lipinski definition) is 0. The summed E-state index contributed by atoms with van der Waals surface area (Å²) < 4.78 is 40.9. The molecule has 0 saturated carbocycles. The summed E-state index contributed by atoms with van der Waals surface area (Å²) in [6, 6.07) is 12.8. The van der Waals surface area contributed by atoms with E-state index >= 15 is 0 Å². The molecule has 1 saturated heterocycles. The van der Waals surface area contributed by atoms with E-state index in [1.807, 2.05) is 30.3 Å². The van der Waals surface area contributed by atoms with Crippen molar-refractivity contribution in [2.45, 2.75) is 17.7 Å². The Labute approximate surface area is 141 Å². The molecule has 2 heterocycles. The lowest BCUT2D eigenvalue weighted by atomic mass is 10.2. The van der Waals surface area contributed by atoms with E-state index in [9.17, 15) is 8.42 Å². The smallest absolute Gasteiger partial charge is 0.198 e. The van der Waals surface area contributed by atoms with Gasteiger partial charge in [0.05, 0.1) is 37.9 Å². The maximum atomic E-state index is 12.4. The fourth-order valence-corrected chi connectivity index (χ4v) is 3.68. The van der Waals surface area contributed by atoms with Gasteiger partial charge in [-0.1, -0.05) is 30.3 Å². The average Bonchev–Trinajstić information content (AvgIpc) is 2.62. The van der Waals surface area contributed by atoms with Gasteiger partial charge in [0.25, 0.3) is 0 Å². The van der Waals surface area contributed by atoms with Crippen LogP contribution in [0.3, 0.4) is 0 Å². The fraction of sp³-hybridized carbons (Fsp3) is 0.353. The van der Waals surface area contributed by atoms with Crippen LogP contribution in [-0.2, 0) is 25.9 Å². The number of rotatable bonds is 6. The first-order valence-electron chi connectivity index (χ1n) is 7.68. The van der Waals surface area contributed by atoms with E-state index < -0.39 is 15.9 Å². The number of sulfone groups is 1. The van der Waals surface area contributed by atoms with Crippen molar-refractivity contribution in [2.24, 2.45) is 0 Å². The summed E-state index contributed by atoms with van der Waals surface area (Å²) in [4.78, 5) is 4.02. The molecule has 24 heavy (non-hydrogen) atoms. The Morgan fingerprint density at radius 3 is 2.62 bits per heavy atom. The van der Waals surface area contributed by atoms with Gasteiger partial charge in [0.1, 0.15) is 12.4 Å². The monoisotopic (exact) mass is 349 g/mol. The summed E-state index contributed by atoms with van der Waals surface area (Å²) in [6.07, 6.45) is 0.980. The Balaban J connectivity index is 1.60. The van der Waals surface area contributed by atoms with Crippen molar-refractivity contribution in [1.29, 1.82) is 0 Å². The Morgan fingerprint density at radius 1 is 1.12 bits per heavy atom. The van der Waals surface area contributed by atoms with E-state index in [1.54, 1.807) is 6.07 Å². The molecule has 3 rings (SSSR count). The zero-order chi connectivity index (χ0) is 16.8. The summed E-state index contributed by atoms with van der Waals surface area (Å²) in [5, 5.41) is 0.0173. The molecule has 1 aromatic carbocycles. The highest BCUT2D eigenvalue weighted by Crippen LogP contribution is 2.17. The van der Waals surface area contributed by atoms with Gasteiger partial charge in [-0.05, 0) is 17.7 Å². The number of hydrogen-bond acceptors (Lipinski definition) is 6. The first-order chi connectivity index (χ1) is 11.6. The molecule has 0 N–H and O–H groups in total. The first-order valence-corrected chi connectivity index (χ1v) is 9.33. The third-order valence-electron chi connectivity index (χ3n) is 3.57. The Hall–Kier alpha value is -1.96. The topological polar surface area (TPSA) is 74.7 Å². The third-order valence-corrected chi connectivity index (χ3v) is 5.26. The van der Waals surface area contributed by atoms with Crippen molar-refractivity contribution in [3.8, 4) is 5.75 Å². The zero-order valence-electron chi connectivity index (χ0n) is 13.1. The van der Waals surface area contributed by atoms with E-state index in [0.717, 1.165) is 5.56 Å². The first kappa shape index (κ1) is 16.9. The van der Waals surface area contributed by atoms with Gasteiger partial charge in [-0.3, -0.25) is 0 Å². The van der Waals surface area contributed by atoms with Crippen molar-refractivity contribution in [3.05, 3.63) is 54.2 Å².